The molecular formula is C12H15ClINO2. The molecule has 94 valence electrons. The van der Waals surface area contributed by atoms with Crippen LogP contribution in [0.1, 0.15) is 42.4 Å². The topological polar surface area (TPSA) is 39.2 Å². The van der Waals surface area contributed by atoms with E-state index in [9.17, 15) is 4.79 Å². The molecule has 0 spiro atoms. The van der Waals surface area contributed by atoms with Gasteiger partial charge in [0.15, 0.2) is 0 Å². The molecule has 1 aromatic rings. The number of aromatic nitrogens is 1. The van der Waals surface area contributed by atoms with Crippen molar-refractivity contribution in [2.24, 2.45) is 0 Å². The molecule has 0 bridgehead atoms. The first-order valence-electron chi connectivity index (χ1n) is 5.19. The van der Waals surface area contributed by atoms with Crippen molar-refractivity contribution in [2.75, 3.05) is 0 Å². The van der Waals surface area contributed by atoms with Gasteiger partial charge in [0, 0.05) is 3.57 Å². The summed E-state index contributed by atoms with van der Waals surface area (Å²) in [5.41, 5.74) is 1.46. The van der Waals surface area contributed by atoms with Crippen LogP contribution < -0.4 is 0 Å². The molecule has 0 fully saturated rings. The van der Waals surface area contributed by atoms with Crippen molar-refractivity contribution < 1.29 is 9.53 Å². The van der Waals surface area contributed by atoms with Gasteiger partial charge in [-0.2, -0.15) is 0 Å². The van der Waals surface area contributed by atoms with Crippen molar-refractivity contribution in [3.8, 4) is 0 Å². The molecule has 0 aliphatic carbocycles. The summed E-state index contributed by atoms with van der Waals surface area (Å²) in [5, 5.41) is 0.203. The maximum Gasteiger partial charge on any atom is 0.342 e. The van der Waals surface area contributed by atoms with Crippen molar-refractivity contribution in [3.05, 3.63) is 25.5 Å². The minimum absolute atomic E-state index is 0.203. The number of halogens is 2. The van der Waals surface area contributed by atoms with E-state index in [4.69, 9.17) is 16.3 Å². The highest BCUT2D eigenvalue weighted by Crippen LogP contribution is 2.26. The van der Waals surface area contributed by atoms with E-state index in [1.165, 1.54) is 0 Å². The number of aryl methyl sites for hydroxylation is 1. The minimum Gasteiger partial charge on any atom is -0.456 e. The number of ether oxygens (including phenoxy) is 1. The number of carbonyl (C=O) groups is 1. The smallest absolute Gasteiger partial charge is 0.342 e. The molecular weight excluding hydrogens is 352 g/mol. The Kier molecular flexibility index (Phi) is 4.41. The predicted octanol–water partition coefficient (Wildman–Crippen LogP) is 3.91. The van der Waals surface area contributed by atoms with Gasteiger partial charge in [-0.05, 0) is 62.8 Å². The maximum atomic E-state index is 12.0. The highest BCUT2D eigenvalue weighted by atomic mass is 127. The van der Waals surface area contributed by atoms with E-state index >= 15 is 0 Å². The molecule has 0 aliphatic rings. The van der Waals surface area contributed by atoms with Gasteiger partial charge >= 0.3 is 5.97 Å². The second-order valence-corrected chi connectivity index (χ2v) is 6.24. The quantitative estimate of drug-likeness (QED) is 0.429. The van der Waals surface area contributed by atoms with Crippen LogP contribution in [-0.2, 0) is 4.74 Å². The zero-order chi connectivity index (χ0) is 13.4. The van der Waals surface area contributed by atoms with Gasteiger partial charge in [-0.25, -0.2) is 9.78 Å². The third-order valence-corrected chi connectivity index (χ3v) is 3.96. The molecule has 0 aliphatic heterocycles. The molecule has 0 unspecified atom stereocenters. The van der Waals surface area contributed by atoms with E-state index < -0.39 is 11.6 Å². The zero-order valence-electron chi connectivity index (χ0n) is 10.5. The molecule has 0 N–H and O–H groups in total. The summed E-state index contributed by atoms with van der Waals surface area (Å²) in [7, 11) is 0. The summed E-state index contributed by atoms with van der Waals surface area (Å²) < 4.78 is 6.25. The van der Waals surface area contributed by atoms with Crippen LogP contribution in [0.4, 0.5) is 0 Å². The molecule has 3 nitrogen and oxygen atoms in total. The summed E-state index contributed by atoms with van der Waals surface area (Å²) in [6.45, 7) is 9.17. The van der Waals surface area contributed by atoms with E-state index in [0.29, 0.717) is 5.56 Å². The van der Waals surface area contributed by atoms with Gasteiger partial charge in [0.1, 0.15) is 16.3 Å². The van der Waals surface area contributed by atoms with Crippen molar-refractivity contribution >= 4 is 40.2 Å². The Morgan fingerprint density at radius 3 is 2.35 bits per heavy atom. The third kappa shape index (κ3) is 3.55. The van der Waals surface area contributed by atoms with Gasteiger partial charge in [0.25, 0.3) is 0 Å². The zero-order valence-corrected chi connectivity index (χ0v) is 13.4. The van der Waals surface area contributed by atoms with E-state index in [0.717, 1.165) is 14.8 Å². The van der Waals surface area contributed by atoms with Gasteiger partial charge < -0.3 is 4.74 Å². The number of nitrogens with zero attached hydrogens (tertiary/aromatic N) is 1. The van der Waals surface area contributed by atoms with Crippen molar-refractivity contribution in [3.63, 3.8) is 0 Å². The van der Waals surface area contributed by atoms with E-state index in [-0.39, 0.29) is 5.15 Å². The molecule has 0 amide bonds. The molecule has 0 radical (unpaired) electrons. The normalized spacial score (nSPS) is 11.5. The summed E-state index contributed by atoms with van der Waals surface area (Å²) >= 11 is 8.17. The molecule has 17 heavy (non-hydrogen) atoms. The molecule has 0 aromatic carbocycles. The molecule has 0 saturated heterocycles. The monoisotopic (exact) mass is 367 g/mol. The first-order chi connectivity index (χ1) is 7.63. The molecule has 5 heteroatoms. The Morgan fingerprint density at radius 1 is 1.35 bits per heavy atom. The van der Waals surface area contributed by atoms with Crippen LogP contribution in [0.2, 0.25) is 5.15 Å². The number of hydrogen-bond donors (Lipinski definition) is 0. The van der Waals surface area contributed by atoms with Gasteiger partial charge in [-0.15, -0.1) is 0 Å². The van der Waals surface area contributed by atoms with E-state index in [2.05, 4.69) is 27.6 Å². The summed E-state index contributed by atoms with van der Waals surface area (Å²) in [6, 6.07) is 0. The van der Waals surface area contributed by atoms with Crippen LogP contribution in [-0.4, -0.2) is 16.6 Å². The number of esters is 1. The summed E-state index contributed by atoms with van der Waals surface area (Å²) in [6.07, 6.45) is 0. The van der Waals surface area contributed by atoms with Crippen LogP contribution in [0.15, 0.2) is 0 Å². The van der Waals surface area contributed by atoms with Crippen molar-refractivity contribution in [2.45, 2.75) is 40.2 Å². The van der Waals surface area contributed by atoms with E-state index in [1.54, 1.807) is 0 Å². The lowest BCUT2D eigenvalue weighted by molar-refractivity contribution is 0.00684. The second kappa shape index (κ2) is 5.10. The first-order valence-corrected chi connectivity index (χ1v) is 6.64. The number of rotatable bonds is 1. The fraction of sp³-hybridized carbons (Fsp3) is 0.500. The fourth-order valence-electron chi connectivity index (χ4n) is 1.35. The average Bonchev–Trinajstić information content (AvgIpc) is 2.11. The highest BCUT2D eigenvalue weighted by molar-refractivity contribution is 14.1. The number of carbonyl (C=O) groups excluding carboxylic acids is 1. The SMILES string of the molecule is Cc1nc(Cl)c(C(=O)OC(C)(C)C)c(C)c1I. The standard InChI is InChI=1S/C12H15ClINO2/c1-6-8(11(16)17-12(3,4)5)10(13)15-7(2)9(6)14/h1-5H3. The van der Waals surface area contributed by atoms with Crippen LogP contribution in [0.3, 0.4) is 0 Å². The molecule has 1 aromatic heterocycles. The van der Waals surface area contributed by atoms with Crippen LogP contribution >= 0.6 is 34.2 Å². The Labute approximate surface area is 120 Å². The van der Waals surface area contributed by atoms with Crippen LogP contribution in [0.5, 0.6) is 0 Å². The lowest BCUT2D eigenvalue weighted by Gasteiger charge is -2.21. The second-order valence-electron chi connectivity index (χ2n) is 4.80. The lowest BCUT2D eigenvalue weighted by atomic mass is 10.1. The molecule has 1 rings (SSSR count). The van der Waals surface area contributed by atoms with Crippen molar-refractivity contribution in [1.82, 2.24) is 4.98 Å². The van der Waals surface area contributed by atoms with Gasteiger partial charge in [0.2, 0.25) is 0 Å². The average molecular weight is 368 g/mol. The molecule has 1 heterocycles. The predicted molar refractivity (Wildman–Crippen MR) is 76.6 cm³/mol. The number of pyridine rings is 1. The van der Waals surface area contributed by atoms with Crippen LogP contribution in [0, 0.1) is 17.4 Å². The fourth-order valence-corrected chi connectivity index (χ4v) is 2.09. The number of hydrogen-bond acceptors (Lipinski definition) is 3. The lowest BCUT2D eigenvalue weighted by Crippen LogP contribution is -2.25. The van der Waals surface area contributed by atoms with Crippen LogP contribution in [0.25, 0.3) is 0 Å². The van der Waals surface area contributed by atoms with Gasteiger partial charge in [-0.3, -0.25) is 0 Å². The van der Waals surface area contributed by atoms with Crippen molar-refractivity contribution in [1.29, 1.82) is 0 Å². The largest absolute Gasteiger partial charge is 0.456 e. The van der Waals surface area contributed by atoms with Gasteiger partial charge in [0.05, 0.1) is 5.69 Å². The Morgan fingerprint density at radius 2 is 1.88 bits per heavy atom. The van der Waals surface area contributed by atoms with Gasteiger partial charge in [-0.1, -0.05) is 11.6 Å². The Balaban J connectivity index is 3.24. The third-order valence-electron chi connectivity index (χ3n) is 2.10. The summed E-state index contributed by atoms with van der Waals surface area (Å²) in [5.74, 6) is -0.426. The highest BCUT2D eigenvalue weighted by Gasteiger charge is 2.24. The minimum atomic E-state index is -0.539. The maximum absolute atomic E-state index is 12.0. The Hall–Kier alpha value is -0.360. The summed E-state index contributed by atoms with van der Waals surface area (Å²) in [4.78, 5) is 16.2. The molecule has 0 saturated carbocycles. The first kappa shape index (κ1) is 14.7. The Bertz CT molecular complexity index is 467. The van der Waals surface area contributed by atoms with E-state index in [1.807, 2.05) is 34.6 Å². The molecule has 0 atom stereocenters.